The van der Waals surface area contributed by atoms with Crippen molar-refractivity contribution < 1.29 is 8.42 Å². The smallest absolute Gasteiger partial charge is 0.238 e. The molecular formula is C12H15N3O2S2. The number of nitrogens with zero attached hydrogens (tertiary/aromatic N) is 1. The first-order valence-electron chi connectivity index (χ1n) is 5.79. The first-order chi connectivity index (χ1) is 8.99. The van der Waals surface area contributed by atoms with E-state index in [2.05, 4.69) is 17.2 Å². The molecule has 0 radical (unpaired) electrons. The number of rotatable bonds is 5. The van der Waals surface area contributed by atoms with Gasteiger partial charge in [0.05, 0.1) is 16.4 Å². The van der Waals surface area contributed by atoms with E-state index in [0.717, 1.165) is 22.0 Å². The Morgan fingerprint density at radius 3 is 2.53 bits per heavy atom. The molecule has 1 aromatic heterocycles. The fourth-order valence-corrected chi connectivity index (χ4v) is 2.86. The Labute approximate surface area is 116 Å². The maximum Gasteiger partial charge on any atom is 0.238 e. The van der Waals surface area contributed by atoms with E-state index in [-0.39, 0.29) is 4.90 Å². The molecule has 0 unspecified atom stereocenters. The van der Waals surface area contributed by atoms with Gasteiger partial charge < -0.3 is 5.32 Å². The molecule has 0 amide bonds. The van der Waals surface area contributed by atoms with Gasteiger partial charge in [-0.1, -0.05) is 6.92 Å². The molecule has 0 atom stereocenters. The number of primary sulfonamides is 1. The molecule has 0 aliphatic carbocycles. The van der Waals surface area contributed by atoms with E-state index < -0.39 is 10.0 Å². The number of aryl methyl sites for hydroxylation is 1. The van der Waals surface area contributed by atoms with Crippen LogP contribution in [0.4, 0.5) is 5.69 Å². The van der Waals surface area contributed by atoms with Crippen LogP contribution < -0.4 is 10.5 Å². The Morgan fingerprint density at radius 2 is 2.00 bits per heavy atom. The lowest BCUT2D eigenvalue weighted by Crippen LogP contribution is -2.11. The van der Waals surface area contributed by atoms with Crippen LogP contribution in [0.15, 0.2) is 35.4 Å². The molecule has 0 spiro atoms. The maximum absolute atomic E-state index is 11.1. The highest BCUT2D eigenvalue weighted by molar-refractivity contribution is 7.89. The Kier molecular flexibility index (Phi) is 4.18. The maximum atomic E-state index is 11.1. The second-order valence-corrected chi connectivity index (χ2v) is 6.76. The Bertz CT molecular complexity index is 648. The van der Waals surface area contributed by atoms with Gasteiger partial charge in [-0.3, -0.25) is 0 Å². The summed E-state index contributed by atoms with van der Waals surface area (Å²) in [4.78, 5) is 5.54. The number of aromatic nitrogens is 1. The van der Waals surface area contributed by atoms with Crippen LogP contribution in [0.25, 0.3) is 0 Å². The number of sulfonamides is 1. The molecule has 5 nitrogen and oxygen atoms in total. The third kappa shape index (κ3) is 3.76. The highest BCUT2D eigenvalue weighted by Gasteiger charge is 2.06. The van der Waals surface area contributed by atoms with E-state index >= 15 is 0 Å². The van der Waals surface area contributed by atoms with Gasteiger partial charge in [0, 0.05) is 16.8 Å². The van der Waals surface area contributed by atoms with Gasteiger partial charge in [0.25, 0.3) is 0 Å². The van der Waals surface area contributed by atoms with Crippen molar-refractivity contribution >= 4 is 27.0 Å². The standard InChI is InChI=1S/C12H15N3O2S2/c1-2-12-15-8-10(18-12)7-14-9-3-5-11(6-4-9)19(13,16)17/h3-6,8,14H,2,7H2,1H3,(H2,13,16,17). The van der Waals surface area contributed by atoms with Gasteiger partial charge in [0.15, 0.2) is 0 Å². The first kappa shape index (κ1) is 14.0. The Balaban J connectivity index is 2.00. The summed E-state index contributed by atoms with van der Waals surface area (Å²) in [5, 5.41) is 9.36. The molecular weight excluding hydrogens is 282 g/mol. The second kappa shape index (κ2) is 5.68. The van der Waals surface area contributed by atoms with Crippen molar-refractivity contribution in [1.29, 1.82) is 0 Å². The van der Waals surface area contributed by atoms with Crippen molar-refractivity contribution in [2.24, 2.45) is 5.14 Å². The van der Waals surface area contributed by atoms with Crippen molar-refractivity contribution in [3.05, 3.63) is 40.3 Å². The van der Waals surface area contributed by atoms with Crippen LogP contribution in [0.5, 0.6) is 0 Å². The summed E-state index contributed by atoms with van der Waals surface area (Å²) < 4.78 is 22.2. The van der Waals surface area contributed by atoms with E-state index in [1.165, 1.54) is 12.1 Å². The van der Waals surface area contributed by atoms with Crippen LogP contribution in [0.2, 0.25) is 0 Å². The van der Waals surface area contributed by atoms with Crippen molar-refractivity contribution in [1.82, 2.24) is 4.98 Å². The summed E-state index contributed by atoms with van der Waals surface area (Å²) in [5.74, 6) is 0. The zero-order valence-corrected chi connectivity index (χ0v) is 12.1. The normalized spacial score (nSPS) is 11.5. The van der Waals surface area contributed by atoms with Crippen molar-refractivity contribution in [2.45, 2.75) is 24.8 Å². The van der Waals surface area contributed by atoms with Gasteiger partial charge in [-0.15, -0.1) is 11.3 Å². The van der Waals surface area contributed by atoms with Crippen LogP contribution in [0.1, 0.15) is 16.8 Å². The molecule has 2 rings (SSSR count). The number of hydrogen-bond donors (Lipinski definition) is 2. The van der Waals surface area contributed by atoms with Crippen LogP contribution >= 0.6 is 11.3 Å². The SMILES string of the molecule is CCc1ncc(CNc2ccc(S(N)(=O)=O)cc2)s1. The first-order valence-corrected chi connectivity index (χ1v) is 8.15. The number of nitrogens with two attached hydrogens (primary N) is 1. The molecule has 102 valence electrons. The third-order valence-electron chi connectivity index (χ3n) is 2.55. The molecule has 0 saturated heterocycles. The average molecular weight is 297 g/mol. The summed E-state index contributed by atoms with van der Waals surface area (Å²) in [6.07, 6.45) is 2.79. The minimum atomic E-state index is -3.62. The lowest BCUT2D eigenvalue weighted by molar-refractivity contribution is 0.598. The molecule has 1 aromatic carbocycles. The van der Waals surface area contributed by atoms with E-state index in [1.807, 2.05) is 6.20 Å². The van der Waals surface area contributed by atoms with Gasteiger partial charge in [-0.05, 0) is 30.7 Å². The summed E-state index contributed by atoms with van der Waals surface area (Å²) in [6, 6.07) is 6.37. The highest BCUT2D eigenvalue weighted by Crippen LogP contribution is 2.17. The molecule has 7 heteroatoms. The molecule has 3 N–H and O–H groups in total. The van der Waals surface area contributed by atoms with Gasteiger partial charge in [-0.25, -0.2) is 18.5 Å². The lowest BCUT2D eigenvalue weighted by Gasteiger charge is -2.05. The average Bonchev–Trinajstić information content (AvgIpc) is 2.84. The number of thiazole rings is 1. The number of benzene rings is 1. The summed E-state index contributed by atoms with van der Waals surface area (Å²) in [6.45, 7) is 2.74. The third-order valence-corrected chi connectivity index (χ3v) is 4.62. The molecule has 0 saturated carbocycles. The minimum absolute atomic E-state index is 0.115. The highest BCUT2D eigenvalue weighted by atomic mass is 32.2. The molecule has 0 bridgehead atoms. The van der Waals surface area contributed by atoms with Crippen LogP contribution in [0.3, 0.4) is 0 Å². The van der Waals surface area contributed by atoms with Crippen LogP contribution in [-0.2, 0) is 23.0 Å². The fourth-order valence-electron chi connectivity index (χ4n) is 1.54. The molecule has 0 aliphatic heterocycles. The topological polar surface area (TPSA) is 85.1 Å². The Hall–Kier alpha value is -1.44. The van der Waals surface area contributed by atoms with Gasteiger partial charge in [0.2, 0.25) is 10.0 Å². The zero-order chi connectivity index (χ0) is 13.9. The van der Waals surface area contributed by atoms with Crippen molar-refractivity contribution in [3.8, 4) is 0 Å². The number of nitrogens with one attached hydrogen (secondary N) is 1. The number of hydrogen-bond acceptors (Lipinski definition) is 5. The quantitative estimate of drug-likeness (QED) is 0.883. The number of anilines is 1. The summed E-state index contributed by atoms with van der Waals surface area (Å²) in [5.41, 5.74) is 0.846. The van der Waals surface area contributed by atoms with E-state index in [9.17, 15) is 8.42 Å². The predicted molar refractivity (Wildman–Crippen MR) is 76.6 cm³/mol. The largest absolute Gasteiger partial charge is 0.380 e. The van der Waals surface area contributed by atoms with Crippen LogP contribution in [0, 0.1) is 0 Å². The van der Waals surface area contributed by atoms with E-state index in [4.69, 9.17) is 5.14 Å². The van der Waals surface area contributed by atoms with E-state index in [1.54, 1.807) is 23.5 Å². The van der Waals surface area contributed by atoms with E-state index in [0.29, 0.717) is 6.54 Å². The molecule has 2 aromatic rings. The monoisotopic (exact) mass is 297 g/mol. The molecule has 1 heterocycles. The molecule has 0 aliphatic rings. The lowest BCUT2D eigenvalue weighted by atomic mass is 10.3. The summed E-state index contributed by atoms with van der Waals surface area (Å²) >= 11 is 1.67. The van der Waals surface area contributed by atoms with Crippen molar-refractivity contribution in [2.75, 3.05) is 5.32 Å². The van der Waals surface area contributed by atoms with Gasteiger partial charge in [0.1, 0.15) is 0 Å². The van der Waals surface area contributed by atoms with Crippen LogP contribution in [-0.4, -0.2) is 13.4 Å². The minimum Gasteiger partial charge on any atom is -0.380 e. The fraction of sp³-hybridized carbons (Fsp3) is 0.250. The zero-order valence-electron chi connectivity index (χ0n) is 10.5. The molecule has 19 heavy (non-hydrogen) atoms. The Morgan fingerprint density at radius 1 is 1.32 bits per heavy atom. The predicted octanol–water partition coefficient (Wildman–Crippen LogP) is 1.97. The van der Waals surface area contributed by atoms with Gasteiger partial charge >= 0.3 is 0 Å². The summed E-state index contributed by atoms with van der Waals surface area (Å²) in [7, 11) is -3.62. The van der Waals surface area contributed by atoms with Gasteiger partial charge in [-0.2, -0.15) is 0 Å². The second-order valence-electron chi connectivity index (χ2n) is 4.00. The van der Waals surface area contributed by atoms with Crippen molar-refractivity contribution in [3.63, 3.8) is 0 Å². The molecule has 0 fully saturated rings.